The van der Waals surface area contributed by atoms with E-state index in [0.717, 1.165) is 0 Å². The molecular formula is C10H10N2O4S. The fourth-order valence-electron chi connectivity index (χ4n) is 1.48. The van der Waals surface area contributed by atoms with E-state index in [1.807, 2.05) is 0 Å². The molecule has 0 spiro atoms. The van der Waals surface area contributed by atoms with Crippen LogP contribution in [0.3, 0.4) is 0 Å². The van der Waals surface area contributed by atoms with Crippen molar-refractivity contribution < 1.29 is 18.0 Å². The number of anilines is 1. The first kappa shape index (κ1) is 11.6. The number of nitrogens with one attached hydrogen (secondary N) is 2. The van der Waals surface area contributed by atoms with Gasteiger partial charge in [0.2, 0.25) is 10.0 Å². The van der Waals surface area contributed by atoms with E-state index in [-0.39, 0.29) is 22.6 Å². The molecule has 1 aliphatic heterocycles. The molecule has 0 unspecified atom stereocenters. The highest BCUT2D eigenvalue weighted by Crippen LogP contribution is 2.20. The minimum atomic E-state index is -3.39. The highest BCUT2D eigenvalue weighted by molar-refractivity contribution is 7.92. The molecule has 1 aliphatic rings. The average molecular weight is 254 g/mol. The van der Waals surface area contributed by atoms with Crippen molar-refractivity contribution >= 4 is 27.5 Å². The summed E-state index contributed by atoms with van der Waals surface area (Å²) in [5.41, 5.74) is 0.719. The van der Waals surface area contributed by atoms with Gasteiger partial charge in [-0.2, -0.15) is 0 Å². The molecule has 90 valence electrons. The van der Waals surface area contributed by atoms with Crippen molar-refractivity contribution in [3.63, 3.8) is 0 Å². The van der Waals surface area contributed by atoms with Crippen LogP contribution in [-0.2, 0) is 10.0 Å². The Morgan fingerprint density at radius 2 is 1.82 bits per heavy atom. The van der Waals surface area contributed by atoms with Crippen molar-refractivity contribution in [2.45, 2.75) is 6.92 Å². The van der Waals surface area contributed by atoms with E-state index in [4.69, 9.17) is 0 Å². The van der Waals surface area contributed by atoms with Gasteiger partial charge in [-0.25, -0.2) is 8.42 Å². The van der Waals surface area contributed by atoms with Crippen LogP contribution in [0.25, 0.3) is 0 Å². The molecule has 0 atom stereocenters. The van der Waals surface area contributed by atoms with Crippen LogP contribution in [0.5, 0.6) is 0 Å². The summed E-state index contributed by atoms with van der Waals surface area (Å²) in [5.74, 6) is -1.03. The van der Waals surface area contributed by atoms with Crippen LogP contribution in [0.1, 0.15) is 27.6 Å². The van der Waals surface area contributed by atoms with Crippen LogP contribution in [0.2, 0.25) is 0 Å². The number of imide groups is 1. The van der Waals surface area contributed by atoms with Crippen LogP contribution in [0.15, 0.2) is 18.2 Å². The van der Waals surface area contributed by atoms with E-state index in [1.54, 1.807) is 0 Å². The molecule has 0 aromatic heterocycles. The Labute approximate surface area is 98.1 Å². The standard InChI is InChI=1S/C10H10N2O4S/c1-2-17(15,16)12-6-3-4-7-8(5-6)10(14)11-9(7)13/h3-5,12H,2H2,1H3,(H,11,13,14). The number of sulfonamides is 1. The van der Waals surface area contributed by atoms with Crippen LogP contribution in [0, 0.1) is 0 Å². The van der Waals surface area contributed by atoms with Crippen LogP contribution in [-0.4, -0.2) is 26.0 Å². The van der Waals surface area contributed by atoms with Crippen molar-refractivity contribution in [1.29, 1.82) is 0 Å². The topological polar surface area (TPSA) is 92.3 Å². The Kier molecular flexibility index (Phi) is 2.62. The van der Waals surface area contributed by atoms with Gasteiger partial charge in [0.1, 0.15) is 0 Å². The summed E-state index contributed by atoms with van der Waals surface area (Å²) >= 11 is 0. The first-order chi connectivity index (χ1) is 7.93. The maximum absolute atomic E-state index is 11.4. The Morgan fingerprint density at radius 1 is 1.18 bits per heavy atom. The van der Waals surface area contributed by atoms with E-state index >= 15 is 0 Å². The third kappa shape index (κ3) is 2.14. The van der Waals surface area contributed by atoms with E-state index in [2.05, 4.69) is 10.0 Å². The Balaban J connectivity index is 2.39. The Bertz CT molecular complexity index is 607. The molecule has 1 aromatic carbocycles. The molecule has 2 amide bonds. The van der Waals surface area contributed by atoms with E-state index in [0.29, 0.717) is 0 Å². The zero-order valence-corrected chi connectivity index (χ0v) is 9.80. The SMILES string of the molecule is CCS(=O)(=O)Nc1ccc2c(c1)C(=O)NC2=O. The molecular weight excluding hydrogens is 244 g/mol. The van der Waals surface area contributed by atoms with Crippen LogP contribution in [0.4, 0.5) is 5.69 Å². The molecule has 2 N–H and O–H groups in total. The first-order valence-corrected chi connectivity index (χ1v) is 6.58. The molecule has 1 heterocycles. The van der Waals surface area contributed by atoms with Crippen molar-refractivity contribution in [2.75, 3.05) is 10.5 Å². The maximum Gasteiger partial charge on any atom is 0.259 e. The molecule has 17 heavy (non-hydrogen) atoms. The monoisotopic (exact) mass is 254 g/mol. The van der Waals surface area contributed by atoms with Crippen molar-refractivity contribution in [3.05, 3.63) is 29.3 Å². The maximum atomic E-state index is 11.4. The van der Waals surface area contributed by atoms with Gasteiger partial charge in [0, 0.05) is 5.69 Å². The second-order valence-corrected chi connectivity index (χ2v) is 5.56. The van der Waals surface area contributed by atoms with Gasteiger partial charge in [0.15, 0.2) is 0 Å². The zero-order valence-electron chi connectivity index (χ0n) is 8.98. The lowest BCUT2D eigenvalue weighted by atomic mass is 10.1. The molecule has 0 bridgehead atoms. The number of carbonyl (C=O) groups is 2. The van der Waals surface area contributed by atoms with Crippen LogP contribution < -0.4 is 10.0 Å². The summed E-state index contributed by atoms with van der Waals surface area (Å²) in [6.45, 7) is 1.51. The number of hydrogen-bond donors (Lipinski definition) is 2. The zero-order chi connectivity index (χ0) is 12.6. The Hall–Kier alpha value is -1.89. The summed E-state index contributed by atoms with van der Waals surface area (Å²) in [5, 5.41) is 2.13. The summed E-state index contributed by atoms with van der Waals surface area (Å²) in [6.07, 6.45) is 0. The lowest BCUT2D eigenvalue weighted by Gasteiger charge is -2.06. The lowest BCUT2D eigenvalue weighted by Crippen LogP contribution is -2.19. The van der Waals surface area contributed by atoms with E-state index in [1.165, 1.54) is 25.1 Å². The third-order valence-corrected chi connectivity index (χ3v) is 3.70. The molecule has 6 nitrogen and oxygen atoms in total. The van der Waals surface area contributed by atoms with Gasteiger partial charge in [0.25, 0.3) is 11.8 Å². The summed E-state index contributed by atoms with van der Waals surface area (Å²) in [4.78, 5) is 22.6. The normalized spacial score (nSPS) is 14.4. The number of rotatable bonds is 3. The molecule has 7 heteroatoms. The molecule has 2 rings (SSSR count). The predicted molar refractivity (Wildman–Crippen MR) is 61.3 cm³/mol. The molecule has 0 saturated heterocycles. The largest absolute Gasteiger partial charge is 0.288 e. The van der Waals surface area contributed by atoms with E-state index in [9.17, 15) is 18.0 Å². The van der Waals surface area contributed by atoms with Crippen LogP contribution >= 0.6 is 0 Å². The smallest absolute Gasteiger partial charge is 0.259 e. The highest BCUT2D eigenvalue weighted by atomic mass is 32.2. The van der Waals surface area contributed by atoms with Gasteiger partial charge in [-0.05, 0) is 25.1 Å². The minimum Gasteiger partial charge on any atom is -0.288 e. The van der Waals surface area contributed by atoms with E-state index < -0.39 is 21.8 Å². The van der Waals surface area contributed by atoms with Gasteiger partial charge >= 0.3 is 0 Å². The van der Waals surface area contributed by atoms with Gasteiger partial charge in [0.05, 0.1) is 16.9 Å². The van der Waals surface area contributed by atoms with Gasteiger partial charge < -0.3 is 0 Å². The van der Waals surface area contributed by atoms with Crippen molar-refractivity contribution in [1.82, 2.24) is 5.32 Å². The average Bonchev–Trinajstić information content (AvgIpc) is 2.54. The van der Waals surface area contributed by atoms with Crippen molar-refractivity contribution in [2.24, 2.45) is 0 Å². The van der Waals surface area contributed by atoms with Gasteiger partial charge in [-0.3, -0.25) is 19.6 Å². The highest BCUT2D eigenvalue weighted by Gasteiger charge is 2.26. The van der Waals surface area contributed by atoms with Crippen molar-refractivity contribution in [3.8, 4) is 0 Å². The molecule has 1 aromatic rings. The molecule has 0 aliphatic carbocycles. The van der Waals surface area contributed by atoms with Gasteiger partial charge in [-0.1, -0.05) is 0 Å². The number of hydrogen-bond acceptors (Lipinski definition) is 4. The fourth-order valence-corrected chi connectivity index (χ4v) is 2.11. The second-order valence-electron chi connectivity index (χ2n) is 3.55. The Morgan fingerprint density at radius 3 is 2.47 bits per heavy atom. The number of carbonyl (C=O) groups excluding carboxylic acids is 2. The summed E-state index contributed by atoms with van der Waals surface area (Å²) < 4.78 is 25.0. The quantitative estimate of drug-likeness (QED) is 0.760. The third-order valence-electron chi connectivity index (χ3n) is 2.39. The molecule has 0 saturated carbocycles. The minimum absolute atomic E-state index is 0.0603. The fraction of sp³-hybridized carbons (Fsp3) is 0.200. The summed E-state index contributed by atoms with van der Waals surface area (Å²) in [6, 6.07) is 4.22. The summed E-state index contributed by atoms with van der Waals surface area (Å²) in [7, 11) is -3.39. The van der Waals surface area contributed by atoms with Gasteiger partial charge in [-0.15, -0.1) is 0 Å². The first-order valence-electron chi connectivity index (χ1n) is 4.93. The predicted octanol–water partition coefficient (Wildman–Crippen LogP) is 0.332. The molecule has 0 fully saturated rings. The second kappa shape index (κ2) is 3.85. The molecule has 0 radical (unpaired) electrons. The number of amides is 2. The number of fused-ring (bicyclic) bond motifs is 1. The lowest BCUT2D eigenvalue weighted by molar-refractivity contribution is 0.0879. The number of benzene rings is 1.